The number of anilines is 2. The summed E-state index contributed by atoms with van der Waals surface area (Å²) in [6, 6.07) is 8.41. The standard InChI is InChI=1S/C14H14BrN3O/c1-19-13-11(15)9-16-14(17-13)18-8-4-6-10-5-2-3-7-12(10)18/h2-3,5,7,9H,4,6,8H2,1H3. The number of para-hydroxylation sites is 1. The van der Waals surface area contributed by atoms with Crippen LogP contribution in [0.25, 0.3) is 0 Å². The molecule has 0 bridgehead atoms. The van der Waals surface area contributed by atoms with E-state index >= 15 is 0 Å². The second kappa shape index (κ2) is 5.17. The molecule has 0 unspecified atom stereocenters. The summed E-state index contributed by atoms with van der Waals surface area (Å²) in [5.41, 5.74) is 2.54. The Balaban J connectivity index is 2.04. The molecule has 0 atom stereocenters. The van der Waals surface area contributed by atoms with Gasteiger partial charge in [0.05, 0.1) is 17.8 Å². The van der Waals surface area contributed by atoms with Gasteiger partial charge in [0, 0.05) is 12.2 Å². The fourth-order valence-electron chi connectivity index (χ4n) is 2.36. The Hall–Kier alpha value is -1.62. The third kappa shape index (κ3) is 2.30. The average molecular weight is 320 g/mol. The largest absolute Gasteiger partial charge is 0.480 e. The van der Waals surface area contributed by atoms with Gasteiger partial charge < -0.3 is 9.64 Å². The van der Waals surface area contributed by atoms with Crippen molar-refractivity contribution < 1.29 is 4.74 Å². The zero-order valence-electron chi connectivity index (χ0n) is 10.6. The van der Waals surface area contributed by atoms with E-state index in [2.05, 4.69) is 49.0 Å². The monoisotopic (exact) mass is 319 g/mol. The number of methoxy groups -OCH3 is 1. The number of hydrogen-bond acceptors (Lipinski definition) is 4. The first-order valence-corrected chi connectivity index (χ1v) is 7.01. The highest BCUT2D eigenvalue weighted by atomic mass is 79.9. The van der Waals surface area contributed by atoms with Crippen LogP contribution in [0.3, 0.4) is 0 Å². The second-order valence-corrected chi connectivity index (χ2v) is 5.27. The molecule has 2 aromatic rings. The predicted molar refractivity (Wildman–Crippen MR) is 78.1 cm³/mol. The molecule has 1 aromatic carbocycles. The Labute approximate surface area is 120 Å². The zero-order chi connectivity index (χ0) is 13.2. The Morgan fingerprint density at radius 1 is 1.32 bits per heavy atom. The minimum absolute atomic E-state index is 0.563. The fraction of sp³-hybridized carbons (Fsp3) is 0.286. The van der Waals surface area contributed by atoms with E-state index < -0.39 is 0 Å². The molecule has 0 fully saturated rings. The summed E-state index contributed by atoms with van der Waals surface area (Å²) >= 11 is 3.38. The maximum Gasteiger partial charge on any atom is 0.233 e. The summed E-state index contributed by atoms with van der Waals surface area (Å²) in [5, 5.41) is 0. The van der Waals surface area contributed by atoms with Gasteiger partial charge in [0.2, 0.25) is 11.8 Å². The van der Waals surface area contributed by atoms with Crippen molar-refractivity contribution in [1.29, 1.82) is 0 Å². The van der Waals surface area contributed by atoms with E-state index in [9.17, 15) is 0 Å². The highest BCUT2D eigenvalue weighted by Gasteiger charge is 2.20. The van der Waals surface area contributed by atoms with Crippen LogP contribution in [0.15, 0.2) is 34.9 Å². The van der Waals surface area contributed by atoms with Crippen LogP contribution in [0.5, 0.6) is 5.88 Å². The Morgan fingerprint density at radius 2 is 2.16 bits per heavy atom. The molecule has 0 spiro atoms. The van der Waals surface area contributed by atoms with Gasteiger partial charge in [-0.2, -0.15) is 4.98 Å². The van der Waals surface area contributed by atoms with Gasteiger partial charge in [-0.1, -0.05) is 18.2 Å². The van der Waals surface area contributed by atoms with Crippen molar-refractivity contribution in [2.75, 3.05) is 18.6 Å². The third-order valence-electron chi connectivity index (χ3n) is 3.24. The number of rotatable bonds is 2. The van der Waals surface area contributed by atoms with Crippen LogP contribution in [-0.2, 0) is 6.42 Å². The van der Waals surface area contributed by atoms with Crippen molar-refractivity contribution in [3.63, 3.8) is 0 Å². The first-order chi connectivity index (χ1) is 9.29. The number of benzene rings is 1. The van der Waals surface area contributed by atoms with Gasteiger partial charge in [-0.3, -0.25) is 0 Å². The SMILES string of the molecule is COc1nc(N2CCCc3ccccc32)ncc1Br. The lowest BCUT2D eigenvalue weighted by atomic mass is 10.0. The highest BCUT2D eigenvalue weighted by molar-refractivity contribution is 9.10. The molecule has 1 aliphatic heterocycles. The van der Waals surface area contributed by atoms with E-state index in [1.807, 2.05) is 6.07 Å². The number of fused-ring (bicyclic) bond motifs is 1. The van der Waals surface area contributed by atoms with Gasteiger partial charge in [0.1, 0.15) is 0 Å². The minimum Gasteiger partial charge on any atom is -0.480 e. The van der Waals surface area contributed by atoms with E-state index in [0.717, 1.165) is 23.9 Å². The lowest BCUT2D eigenvalue weighted by molar-refractivity contribution is 0.394. The van der Waals surface area contributed by atoms with Gasteiger partial charge in [-0.15, -0.1) is 0 Å². The minimum atomic E-state index is 0.563. The molecule has 2 heterocycles. The van der Waals surface area contributed by atoms with E-state index in [0.29, 0.717) is 11.8 Å². The van der Waals surface area contributed by atoms with Gasteiger partial charge in [0.15, 0.2) is 0 Å². The number of halogens is 1. The third-order valence-corrected chi connectivity index (χ3v) is 3.79. The molecule has 1 aromatic heterocycles. The second-order valence-electron chi connectivity index (χ2n) is 4.41. The summed E-state index contributed by atoms with van der Waals surface area (Å²) in [6.07, 6.45) is 3.96. The molecule has 0 saturated heterocycles. The van der Waals surface area contributed by atoms with Crippen molar-refractivity contribution in [2.45, 2.75) is 12.8 Å². The predicted octanol–water partition coefficient (Wildman–Crippen LogP) is 3.33. The zero-order valence-corrected chi connectivity index (χ0v) is 12.2. The topological polar surface area (TPSA) is 38.2 Å². The van der Waals surface area contributed by atoms with Gasteiger partial charge in [-0.25, -0.2) is 4.98 Å². The summed E-state index contributed by atoms with van der Waals surface area (Å²) in [7, 11) is 1.61. The smallest absolute Gasteiger partial charge is 0.233 e. The Kier molecular flexibility index (Phi) is 3.38. The lowest BCUT2D eigenvalue weighted by Gasteiger charge is -2.29. The maximum atomic E-state index is 5.24. The summed E-state index contributed by atoms with van der Waals surface area (Å²) in [6.45, 7) is 0.932. The first-order valence-electron chi connectivity index (χ1n) is 6.21. The van der Waals surface area contributed by atoms with Crippen LogP contribution in [0.2, 0.25) is 0 Å². The lowest BCUT2D eigenvalue weighted by Crippen LogP contribution is -2.26. The van der Waals surface area contributed by atoms with E-state index in [4.69, 9.17) is 4.74 Å². The van der Waals surface area contributed by atoms with Crippen molar-refractivity contribution in [2.24, 2.45) is 0 Å². The van der Waals surface area contributed by atoms with Crippen LogP contribution < -0.4 is 9.64 Å². The molecular formula is C14H14BrN3O. The van der Waals surface area contributed by atoms with E-state index in [1.165, 1.54) is 11.3 Å². The molecule has 0 saturated carbocycles. The quantitative estimate of drug-likeness (QED) is 0.851. The van der Waals surface area contributed by atoms with Gasteiger partial charge in [-0.05, 0) is 40.4 Å². The molecule has 0 amide bonds. The van der Waals surface area contributed by atoms with Crippen molar-refractivity contribution >= 4 is 27.6 Å². The Bertz CT molecular complexity index is 603. The molecule has 19 heavy (non-hydrogen) atoms. The van der Waals surface area contributed by atoms with Crippen LogP contribution in [-0.4, -0.2) is 23.6 Å². The van der Waals surface area contributed by atoms with Crippen LogP contribution >= 0.6 is 15.9 Å². The van der Waals surface area contributed by atoms with Crippen LogP contribution in [0.1, 0.15) is 12.0 Å². The van der Waals surface area contributed by atoms with Crippen LogP contribution in [0.4, 0.5) is 11.6 Å². The number of aromatic nitrogens is 2. The average Bonchev–Trinajstić information content (AvgIpc) is 2.47. The number of aryl methyl sites for hydroxylation is 1. The highest BCUT2D eigenvalue weighted by Crippen LogP contribution is 2.33. The van der Waals surface area contributed by atoms with Crippen molar-refractivity contribution in [3.8, 4) is 5.88 Å². The van der Waals surface area contributed by atoms with Crippen LogP contribution in [0, 0.1) is 0 Å². The molecule has 98 valence electrons. The molecule has 0 aliphatic carbocycles. The molecule has 1 aliphatic rings. The molecule has 0 N–H and O–H groups in total. The molecular weight excluding hydrogens is 306 g/mol. The van der Waals surface area contributed by atoms with E-state index in [-0.39, 0.29) is 0 Å². The fourth-order valence-corrected chi connectivity index (χ4v) is 2.71. The summed E-state index contributed by atoms with van der Waals surface area (Å²) in [5.74, 6) is 1.25. The van der Waals surface area contributed by atoms with Crippen molar-refractivity contribution in [1.82, 2.24) is 9.97 Å². The summed E-state index contributed by atoms with van der Waals surface area (Å²) < 4.78 is 6.01. The maximum absolute atomic E-state index is 5.24. The molecule has 4 nitrogen and oxygen atoms in total. The molecule has 5 heteroatoms. The van der Waals surface area contributed by atoms with Gasteiger partial charge in [0.25, 0.3) is 0 Å². The summed E-state index contributed by atoms with van der Waals surface area (Å²) in [4.78, 5) is 11.0. The number of hydrogen-bond donors (Lipinski definition) is 0. The first kappa shape index (κ1) is 12.4. The van der Waals surface area contributed by atoms with E-state index in [1.54, 1.807) is 13.3 Å². The molecule has 3 rings (SSSR count). The van der Waals surface area contributed by atoms with Crippen molar-refractivity contribution in [3.05, 3.63) is 40.5 Å². The number of ether oxygens (including phenoxy) is 1. The normalized spacial score (nSPS) is 14.1. The number of nitrogens with zero attached hydrogens (tertiary/aromatic N) is 3. The van der Waals surface area contributed by atoms with Gasteiger partial charge >= 0.3 is 0 Å². The molecule has 0 radical (unpaired) electrons. The Morgan fingerprint density at radius 3 is 3.00 bits per heavy atom.